The highest BCUT2D eigenvalue weighted by Crippen LogP contribution is 2.23. The van der Waals surface area contributed by atoms with E-state index in [1.165, 1.54) is 25.7 Å². The molecule has 1 saturated carbocycles. The third-order valence-electron chi connectivity index (χ3n) is 3.41. The summed E-state index contributed by atoms with van der Waals surface area (Å²) in [6, 6.07) is 0.551. The molecule has 1 aliphatic carbocycles. The maximum atomic E-state index is 4.38. The standard InChI is InChI=1S/C12H17N5/c1-2-10-15-16-12-11(13-7-8-17(10)12)14-9-5-3-4-6-9/h7-9H,2-6H2,1H3,(H,13,14). The van der Waals surface area contributed by atoms with E-state index in [2.05, 4.69) is 27.4 Å². The van der Waals surface area contributed by atoms with Gasteiger partial charge in [0.05, 0.1) is 0 Å². The summed E-state index contributed by atoms with van der Waals surface area (Å²) in [5.41, 5.74) is 0.844. The van der Waals surface area contributed by atoms with Crippen LogP contribution >= 0.6 is 0 Å². The van der Waals surface area contributed by atoms with Crippen molar-refractivity contribution in [1.82, 2.24) is 19.6 Å². The summed E-state index contributed by atoms with van der Waals surface area (Å²) in [5, 5.41) is 11.9. The monoisotopic (exact) mass is 231 g/mol. The molecule has 17 heavy (non-hydrogen) atoms. The van der Waals surface area contributed by atoms with E-state index in [4.69, 9.17) is 0 Å². The number of hydrogen-bond donors (Lipinski definition) is 1. The Morgan fingerprint density at radius 2 is 2.18 bits per heavy atom. The second-order valence-corrected chi connectivity index (χ2v) is 4.56. The Kier molecular flexibility index (Phi) is 2.66. The van der Waals surface area contributed by atoms with Crippen LogP contribution in [0.1, 0.15) is 38.4 Å². The summed E-state index contributed by atoms with van der Waals surface area (Å²) >= 11 is 0. The number of nitrogens with zero attached hydrogens (tertiary/aromatic N) is 4. The van der Waals surface area contributed by atoms with Crippen molar-refractivity contribution < 1.29 is 0 Å². The first-order valence-electron chi connectivity index (χ1n) is 6.33. The Balaban J connectivity index is 1.95. The van der Waals surface area contributed by atoms with Gasteiger partial charge in [0.15, 0.2) is 5.82 Å². The molecular weight excluding hydrogens is 214 g/mol. The lowest BCUT2D eigenvalue weighted by Crippen LogP contribution is -2.16. The van der Waals surface area contributed by atoms with Gasteiger partial charge in [-0.3, -0.25) is 4.40 Å². The van der Waals surface area contributed by atoms with Crippen LogP contribution in [0.4, 0.5) is 5.82 Å². The molecule has 0 amide bonds. The molecule has 0 unspecified atom stereocenters. The van der Waals surface area contributed by atoms with Crippen molar-refractivity contribution in [2.75, 3.05) is 5.32 Å². The van der Waals surface area contributed by atoms with Crippen molar-refractivity contribution in [1.29, 1.82) is 0 Å². The van der Waals surface area contributed by atoms with Crippen molar-refractivity contribution in [2.45, 2.75) is 45.1 Å². The molecule has 0 bridgehead atoms. The summed E-state index contributed by atoms with van der Waals surface area (Å²) < 4.78 is 2.02. The highest BCUT2D eigenvalue weighted by atomic mass is 15.3. The fraction of sp³-hybridized carbons (Fsp3) is 0.583. The molecule has 1 fully saturated rings. The fourth-order valence-electron chi connectivity index (χ4n) is 2.48. The Morgan fingerprint density at radius 3 is 2.94 bits per heavy atom. The second-order valence-electron chi connectivity index (χ2n) is 4.56. The van der Waals surface area contributed by atoms with Crippen molar-refractivity contribution in [3.8, 4) is 0 Å². The van der Waals surface area contributed by atoms with Crippen molar-refractivity contribution in [3.63, 3.8) is 0 Å². The van der Waals surface area contributed by atoms with Crippen molar-refractivity contribution >= 4 is 11.5 Å². The van der Waals surface area contributed by atoms with Crippen LogP contribution in [0, 0.1) is 0 Å². The molecule has 2 aromatic rings. The van der Waals surface area contributed by atoms with Crippen LogP contribution in [0.2, 0.25) is 0 Å². The Hall–Kier alpha value is -1.65. The smallest absolute Gasteiger partial charge is 0.203 e. The molecule has 5 nitrogen and oxygen atoms in total. The van der Waals surface area contributed by atoms with Gasteiger partial charge in [-0.05, 0) is 12.8 Å². The van der Waals surface area contributed by atoms with Gasteiger partial charge in [-0.1, -0.05) is 19.8 Å². The molecular formula is C12H17N5. The predicted octanol–water partition coefficient (Wildman–Crippen LogP) is 2.04. The van der Waals surface area contributed by atoms with Gasteiger partial charge in [0.25, 0.3) is 0 Å². The maximum Gasteiger partial charge on any atom is 0.203 e. The molecule has 0 spiro atoms. The van der Waals surface area contributed by atoms with Crippen LogP contribution in [0.5, 0.6) is 0 Å². The quantitative estimate of drug-likeness (QED) is 0.878. The van der Waals surface area contributed by atoms with Crippen LogP contribution in [0.25, 0.3) is 5.65 Å². The van der Waals surface area contributed by atoms with Crippen LogP contribution in [-0.4, -0.2) is 25.6 Å². The minimum absolute atomic E-state index is 0.551. The van der Waals surface area contributed by atoms with Gasteiger partial charge in [0.1, 0.15) is 5.82 Å². The first kappa shape index (κ1) is 10.5. The molecule has 0 aromatic carbocycles. The van der Waals surface area contributed by atoms with E-state index in [9.17, 15) is 0 Å². The molecule has 3 rings (SSSR count). The average Bonchev–Trinajstić information content (AvgIpc) is 2.97. The molecule has 0 aliphatic heterocycles. The fourth-order valence-corrected chi connectivity index (χ4v) is 2.48. The van der Waals surface area contributed by atoms with Crippen LogP contribution < -0.4 is 5.32 Å². The predicted molar refractivity (Wildman–Crippen MR) is 66.0 cm³/mol. The molecule has 1 N–H and O–H groups in total. The first-order valence-corrected chi connectivity index (χ1v) is 6.33. The Bertz CT molecular complexity index is 513. The number of hydrogen-bond acceptors (Lipinski definition) is 4. The van der Waals surface area contributed by atoms with Crippen molar-refractivity contribution in [3.05, 3.63) is 18.2 Å². The molecule has 0 atom stereocenters. The minimum atomic E-state index is 0.551. The van der Waals surface area contributed by atoms with E-state index >= 15 is 0 Å². The van der Waals surface area contributed by atoms with Crippen molar-refractivity contribution in [2.24, 2.45) is 0 Å². The van der Waals surface area contributed by atoms with Crippen LogP contribution in [0.15, 0.2) is 12.4 Å². The summed E-state index contributed by atoms with van der Waals surface area (Å²) in [5.74, 6) is 1.85. The lowest BCUT2D eigenvalue weighted by molar-refractivity contribution is 0.750. The molecule has 2 heterocycles. The highest BCUT2D eigenvalue weighted by Gasteiger charge is 2.17. The molecule has 90 valence electrons. The number of nitrogens with one attached hydrogen (secondary N) is 1. The van der Waals surface area contributed by atoms with E-state index in [-0.39, 0.29) is 0 Å². The SMILES string of the molecule is CCc1nnc2c(NC3CCCC3)nccn12. The largest absolute Gasteiger partial charge is 0.364 e. The maximum absolute atomic E-state index is 4.38. The number of aryl methyl sites for hydroxylation is 1. The summed E-state index contributed by atoms with van der Waals surface area (Å²) in [6.07, 6.45) is 9.71. The van der Waals surface area contributed by atoms with Gasteiger partial charge < -0.3 is 5.32 Å². The topological polar surface area (TPSA) is 55.1 Å². The van der Waals surface area contributed by atoms with E-state index in [0.29, 0.717) is 6.04 Å². The average molecular weight is 231 g/mol. The van der Waals surface area contributed by atoms with E-state index < -0.39 is 0 Å². The summed E-state index contributed by atoms with van der Waals surface area (Å²) in [4.78, 5) is 4.38. The number of fused-ring (bicyclic) bond motifs is 1. The molecule has 2 aromatic heterocycles. The third-order valence-corrected chi connectivity index (χ3v) is 3.41. The number of rotatable bonds is 3. The molecule has 0 saturated heterocycles. The highest BCUT2D eigenvalue weighted by molar-refractivity contribution is 5.62. The zero-order valence-corrected chi connectivity index (χ0v) is 10.1. The minimum Gasteiger partial charge on any atom is -0.364 e. The summed E-state index contributed by atoms with van der Waals surface area (Å²) in [7, 11) is 0. The van der Waals surface area contributed by atoms with Gasteiger partial charge in [0.2, 0.25) is 5.65 Å². The van der Waals surface area contributed by atoms with E-state index in [0.717, 1.165) is 23.7 Å². The number of anilines is 1. The van der Waals surface area contributed by atoms with Gasteiger partial charge in [0, 0.05) is 24.9 Å². The Labute approximate surface area is 100 Å². The van der Waals surface area contributed by atoms with Gasteiger partial charge >= 0.3 is 0 Å². The van der Waals surface area contributed by atoms with Crippen LogP contribution in [0.3, 0.4) is 0 Å². The Morgan fingerprint density at radius 1 is 1.35 bits per heavy atom. The lowest BCUT2D eigenvalue weighted by atomic mass is 10.2. The van der Waals surface area contributed by atoms with Gasteiger partial charge in [-0.25, -0.2) is 4.98 Å². The zero-order chi connectivity index (χ0) is 11.7. The third kappa shape index (κ3) is 1.85. The second kappa shape index (κ2) is 4.31. The lowest BCUT2D eigenvalue weighted by Gasteiger charge is -2.12. The molecule has 5 heteroatoms. The number of aromatic nitrogens is 4. The first-order chi connectivity index (χ1) is 8.38. The van der Waals surface area contributed by atoms with Gasteiger partial charge in [-0.2, -0.15) is 0 Å². The van der Waals surface area contributed by atoms with E-state index in [1.807, 2.05) is 16.8 Å². The van der Waals surface area contributed by atoms with Crippen LogP contribution in [-0.2, 0) is 6.42 Å². The normalized spacial score (nSPS) is 16.8. The van der Waals surface area contributed by atoms with Gasteiger partial charge in [-0.15, -0.1) is 10.2 Å². The summed E-state index contributed by atoms with van der Waals surface area (Å²) in [6.45, 7) is 2.08. The molecule has 1 aliphatic rings. The molecule has 0 radical (unpaired) electrons. The zero-order valence-electron chi connectivity index (χ0n) is 10.1. The van der Waals surface area contributed by atoms with E-state index in [1.54, 1.807) is 0 Å².